The number of amides is 2. The average Bonchev–Trinajstić information content (AvgIpc) is 2.59. The van der Waals surface area contributed by atoms with E-state index < -0.39 is 10.0 Å². The number of sulfonamides is 1. The number of carbonyl (C=O) groups is 1. The summed E-state index contributed by atoms with van der Waals surface area (Å²) < 4.78 is 35.0. The lowest BCUT2D eigenvalue weighted by atomic mass is 10.1. The number of nitrogens with zero attached hydrogens (tertiary/aromatic N) is 1. The smallest absolute Gasteiger partial charge is 0.315 e. The second-order valence-electron chi connectivity index (χ2n) is 5.98. The van der Waals surface area contributed by atoms with E-state index in [1.54, 1.807) is 26.4 Å². The number of urea groups is 1. The topological polar surface area (TPSA) is 97.0 Å². The zero-order valence-corrected chi connectivity index (χ0v) is 15.6. The largest absolute Gasteiger partial charge is 0.493 e. The van der Waals surface area contributed by atoms with Crippen molar-refractivity contribution < 1.29 is 22.7 Å². The molecule has 25 heavy (non-hydrogen) atoms. The van der Waals surface area contributed by atoms with E-state index in [1.165, 1.54) is 10.6 Å². The van der Waals surface area contributed by atoms with Gasteiger partial charge in [0.05, 0.1) is 20.5 Å². The third-order valence-corrected chi connectivity index (χ3v) is 5.36. The Morgan fingerprint density at radius 2 is 2.00 bits per heavy atom. The molecular weight excluding hydrogens is 346 g/mol. The maximum atomic E-state index is 12.1. The van der Waals surface area contributed by atoms with Gasteiger partial charge in [0, 0.05) is 25.7 Å². The van der Waals surface area contributed by atoms with Gasteiger partial charge in [0.2, 0.25) is 10.0 Å². The maximum absolute atomic E-state index is 12.1. The predicted molar refractivity (Wildman–Crippen MR) is 94.4 cm³/mol. The molecule has 8 nitrogen and oxygen atoms in total. The van der Waals surface area contributed by atoms with Crippen LogP contribution in [-0.4, -0.2) is 58.4 Å². The molecule has 2 N–H and O–H groups in total. The van der Waals surface area contributed by atoms with Crippen molar-refractivity contribution in [1.82, 2.24) is 14.9 Å². The Kier molecular flexibility index (Phi) is 6.49. The van der Waals surface area contributed by atoms with Gasteiger partial charge in [0.1, 0.15) is 0 Å². The van der Waals surface area contributed by atoms with Crippen molar-refractivity contribution in [3.8, 4) is 11.5 Å². The van der Waals surface area contributed by atoms with E-state index in [0.29, 0.717) is 31.1 Å². The summed E-state index contributed by atoms with van der Waals surface area (Å²) in [6.45, 7) is 1.14. The van der Waals surface area contributed by atoms with E-state index in [0.717, 1.165) is 18.4 Å². The summed E-state index contributed by atoms with van der Waals surface area (Å²) in [6, 6.07) is 4.90. The standard InChI is InChI=1S/C16H25N3O5S/c1-23-14-7-6-12(9-15(14)24-2)10-17-16(20)18-13-5-4-8-19(11-13)25(3,21)22/h6-7,9,13H,4-5,8,10-11H2,1-3H3,(H2,17,18,20)/t13-/m1/s1. The average molecular weight is 371 g/mol. The molecule has 0 aromatic heterocycles. The molecule has 0 unspecified atom stereocenters. The molecule has 1 fully saturated rings. The zero-order valence-electron chi connectivity index (χ0n) is 14.7. The van der Waals surface area contributed by atoms with Gasteiger partial charge in [0.25, 0.3) is 0 Å². The summed E-state index contributed by atoms with van der Waals surface area (Å²) in [4.78, 5) is 12.1. The highest BCUT2D eigenvalue weighted by atomic mass is 32.2. The number of piperidine rings is 1. The van der Waals surface area contributed by atoms with E-state index in [9.17, 15) is 13.2 Å². The Balaban J connectivity index is 1.86. The Bertz CT molecular complexity index is 708. The fourth-order valence-corrected chi connectivity index (χ4v) is 3.68. The lowest BCUT2D eigenvalue weighted by Crippen LogP contribution is -2.51. The van der Waals surface area contributed by atoms with Gasteiger partial charge in [-0.3, -0.25) is 0 Å². The molecule has 0 saturated carbocycles. The number of nitrogens with one attached hydrogen (secondary N) is 2. The number of carbonyl (C=O) groups excluding carboxylic acids is 1. The first-order valence-corrected chi connectivity index (χ1v) is 9.88. The minimum atomic E-state index is -3.23. The Labute approximate surface area is 148 Å². The molecule has 0 spiro atoms. The van der Waals surface area contributed by atoms with Crippen molar-refractivity contribution >= 4 is 16.1 Å². The molecule has 9 heteroatoms. The fraction of sp³-hybridized carbons (Fsp3) is 0.562. The first-order chi connectivity index (χ1) is 11.8. The quantitative estimate of drug-likeness (QED) is 0.775. The Hall–Kier alpha value is -2.00. The van der Waals surface area contributed by atoms with Crippen LogP contribution < -0.4 is 20.1 Å². The number of rotatable bonds is 6. The third-order valence-electron chi connectivity index (χ3n) is 4.09. The van der Waals surface area contributed by atoms with E-state index in [-0.39, 0.29) is 12.1 Å². The fourth-order valence-electron chi connectivity index (χ4n) is 2.77. The van der Waals surface area contributed by atoms with Gasteiger partial charge in [0.15, 0.2) is 11.5 Å². The van der Waals surface area contributed by atoms with Crippen molar-refractivity contribution in [2.45, 2.75) is 25.4 Å². The van der Waals surface area contributed by atoms with E-state index >= 15 is 0 Å². The monoisotopic (exact) mass is 371 g/mol. The minimum absolute atomic E-state index is 0.186. The number of hydrogen-bond donors (Lipinski definition) is 2. The molecule has 1 aliphatic rings. The second-order valence-corrected chi connectivity index (χ2v) is 7.96. The van der Waals surface area contributed by atoms with Gasteiger partial charge in [-0.2, -0.15) is 0 Å². The molecule has 2 rings (SSSR count). The van der Waals surface area contributed by atoms with Crippen LogP contribution in [0.4, 0.5) is 4.79 Å². The van der Waals surface area contributed by atoms with E-state index in [4.69, 9.17) is 9.47 Å². The summed E-state index contributed by atoms with van der Waals surface area (Å²) in [5.41, 5.74) is 0.870. The Morgan fingerprint density at radius 1 is 1.28 bits per heavy atom. The number of methoxy groups -OCH3 is 2. The molecule has 1 heterocycles. The van der Waals surface area contributed by atoms with E-state index in [1.807, 2.05) is 6.07 Å². The Morgan fingerprint density at radius 3 is 2.64 bits per heavy atom. The van der Waals surface area contributed by atoms with Crippen LogP contribution in [0.3, 0.4) is 0 Å². The van der Waals surface area contributed by atoms with Crippen LogP contribution in [0.15, 0.2) is 18.2 Å². The normalized spacial score (nSPS) is 18.4. The molecule has 140 valence electrons. The molecule has 0 aliphatic carbocycles. The van der Waals surface area contributed by atoms with Crippen molar-refractivity contribution in [3.63, 3.8) is 0 Å². The number of hydrogen-bond acceptors (Lipinski definition) is 5. The van der Waals surface area contributed by atoms with Crippen LogP contribution in [0.25, 0.3) is 0 Å². The molecule has 1 aliphatic heterocycles. The highest BCUT2D eigenvalue weighted by molar-refractivity contribution is 7.88. The predicted octanol–water partition coefficient (Wildman–Crippen LogP) is 0.927. The molecule has 1 aromatic rings. The zero-order chi connectivity index (χ0) is 18.4. The SMILES string of the molecule is COc1ccc(CNC(=O)N[C@@H]2CCCN(S(C)(=O)=O)C2)cc1OC. The summed E-state index contributed by atoms with van der Waals surface area (Å²) in [6.07, 6.45) is 2.68. The van der Waals surface area contributed by atoms with Crippen LogP contribution in [0, 0.1) is 0 Å². The highest BCUT2D eigenvalue weighted by Gasteiger charge is 2.26. The molecular formula is C16H25N3O5S. The molecule has 0 bridgehead atoms. The minimum Gasteiger partial charge on any atom is -0.493 e. The molecule has 1 saturated heterocycles. The number of ether oxygens (including phenoxy) is 2. The second kappa shape index (κ2) is 8.39. The van der Waals surface area contributed by atoms with Gasteiger partial charge < -0.3 is 20.1 Å². The summed E-state index contributed by atoms with van der Waals surface area (Å²) in [5.74, 6) is 1.22. The van der Waals surface area contributed by atoms with Crippen molar-refractivity contribution in [2.24, 2.45) is 0 Å². The summed E-state index contributed by atoms with van der Waals surface area (Å²) in [7, 11) is -0.112. The van der Waals surface area contributed by atoms with Crippen molar-refractivity contribution in [3.05, 3.63) is 23.8 Å². The lowest BCUT2D eigenvalue weighted by Gasteiger charge is -2.31. The van der Waals surface area contributed by atoms with Crippen LogP contribution in [0.2, 0.25) is 0 Å². The van der Waals surface area contributed by atoms with Crippen LogP contribution in [-0.2, 0) is 16.6 Å². The van der Waals surface area contributed by atoms with Crippen LogP contribution in [0.5, 0.6) is 11.5 Å². The van der Waals surface area contributed by atoms with Gasteiger partial charge >= 0.3 is 6.03 Å². The molecule has 1 aromatic carbocycles. The number of benzene rings is 1. The first kappa shape index (κ1) is 19.3. The molecule has 2 amide bonds. The maximum Gasteiger partial charge on any atom is 0.315 e. The molecule has 1 atom stereocenters. The van der Waals surface area contributed by atoms with Gasteiger partial charge in [-0.15, -0.1) is 0 Å². The van der Waals surface area contributed by atoms with Crippen LogP contribution in [0.1, 0.15) is 18.4 Å². The third kappa shape index (κ3) is 5.50. The van der Waals surface area contributed by atoms with Crippen LogP contribution >= 0.6 is 0 Å². The highest BCUT2D eigenvalue weighted by Crippen LogP contribution is 2.27. The van der Waals surface area contributed by atoms with Gasteiger partial charge in [-0.25, -0.2) is 17.5 Å². The van der Waals surface area contributed by atoms with Crippen molar-refractivity contribution in [2.75, 3.05) is 33.6 Å². The summed E-state index contributed by atoms with van der Waals surface area (Å²) in [5, 5.41) is 5.60. The molecule has 0 radical (unpaired) electrons. The van der Waals surface area contributed by atoms with E-state index in [2.05, 4.69) is 10.6 Å². The van der Waals surface area contributed by atoms with Crippen molar-refractivity contribution in [1.29, 1.82) is 0 Å². The van der Waals surface area contributed by atoms with Gasteiger partial charge in [-0.05, 0) is 30.5 Å². The lowest BCUT2D eigenvalue weighted by molar-refractivity contribution is 0.225. The van der Waals surface area contributed by atoms with Gasteiger partial charge in [-0.1, -0.05) is 6.07 Å². The first-order valence-electron chi connectivity index (χ1n) is 8.04. The summed E-state index contributed by atoms with van der Waals surface area (Å²) >= 11 is 0.